The molecular weight excluding hydrogens is 693 g/mol. The van der Waals surface area contributed by atoms with Crippen LogP contribution in [0.25, 0.3) is 99.2 Å². The first kappa shape index (κ1) is 32.7. The van der Waals surface area contributed by atoms with Crippen LogP contribution < -0.4 is 5.32 Å². The van der Waals surface area contributed by atoms with Crippen molar-refractivity contribution in [1.29, 1.82) is 0 Å². The monoisotopic (exact) mass is 726 g/mol. The molecule has 11 aromatic rings. The van der Waals surface area contributed by atoms with Gasteiger partial charge in [-0.2, -0.15) is 0 Å². The molecule has 0 atom stereocenters. The summed E-state index contributed by atoms with van der Waals surface area (Å²) in [6.07, 6.45) is 0. The Bertz CT molecular complexity index is 3240. The molecule has 0 spiro atoms. The first-order valence-electron chi connectivity index (χ1n) is 19.3. The molecule has 0 aliphatic rings. The van der Waals surface area contributed by atoms with E-state index in [2.05, 4.69) is 199 Å². The summed E-state index contributed by atoms with van der Waals surface area (Å²) in [5.74, 6) is 1.91. The van der Waals surface area contributed by atoms with E-state index in [0.717, 1.165) is 66.1 Å². The SMILES string of the molecule is c1ccc(Nc2ccccc2-c2cc3ccccc3c3cc(-c4nc(-c5ccc6ccccc6c5)nc(-c5ccc6ccccc6c5)n4)c4ccccc4c23)cc1. The average Bonchev–Trinajstić information content (AvgIpc) is 3.28. The Morgan fingerprint density at radius 2 is 0.825 bits per heavy atom. The van der Waals surface area contributed by atoms with Crippen molar-refractivity contribution in [2.75, 3.05) is 5.32 Å². The molecule has 11 rings (SSSR count). The van der Waals surface area contributed by atoms with Gasteiger partial charge in [-0.25, -0.2) is 15.0 Å². The van der Waals surface area contributed by atoms with Gasteiger partial charge in [0.05, 0.1) is 0 Å². The number of aromatic nitrogens is 3. The quantitative estimate of drug-likeness (QED) is 0.173. The van der Waals surface area contributed by atoms with Gasteiger partial charge in [0.1, 0.15) is 0 Å². The summed E-state index contributed by atoms with van der Waals surface area (Å²) in [6, 6.07) is 70.7. The minimum absolute atomic E-state index is 0.634. The highest BCUT2D eigenvalue weighted by Crippen LogP contribution is 2.45. The van der Waals surface area contributed by atoms with E-state index < -0.39 is 0 Å². The first-order chi connectivity index (χ1) is 28.2. The summed E-state index contributed by atoms with van der Waals surface area (Å²) >= 11 is 0. The molecule has 0 saturated carbocycles. The molecule has 1 aromatic heterocycles. The number of anilines is 2. The fraction of sp³-hybridized carbons (Fsp3) is 0. The minimum Gasteiger partial charge on any atom is -0.355 e. The van der Waals surface area contributed by atoms with Gasteiger partial charge in [-0.3, -0.25) is 0 Å². The fourth-order valence-corrected chi connectivity index (χ4v) is 8.29. The second kappa shape index (κ2) is 13.6. The second-order valence-electron chi connectivity index (χ2n) is 14.5. The fourth-order valence-electron chi connectivity index (χ4n) is 8.29. The molecule has 0 aliphatic heterocycles. The molecule has 4 nitrogen and oxygen atoms in total. The standard InChI is InChI=1S/C53H34N4/c1-2-19-41(20-3-1)54-49-25-13-12-23-44(49)46-32-38-18-8-9-21-42(38)47-33-48(43-22-10-11-24-45(43)50(46)47)53-56-51(39-28-26-34-14-4-6-16-36(34)30-39)55-52(57-53)40-29-27-35-15-5-7-17-37(35)31-40/h1-33,54H. The topological polar surface area (TPSA) is 50.7 Å². The molecule has 0 fully saturated rings. The molecule has 1 heterocycles. The first-order valence-corrected chi connectivity index (χ1v) is 19.3. The summed E-state index contributed by atoms with van der Waals surface area (Å²) in [5.41, 5.74) is 7.23. The Hall–Kier alpha value is -7.69. The molecular formula is C53H34N4. The summed E-state index contributed by atoms with van der Waals surface area (Å²) in [4.78, 5) is 15.8. The molecule has 0 saturated heterocycles. The van der Waals surface area contributed by atoms with Crippen LogP contribution in [-0.2, 0) is 0 Å². The summed E-state index contributed by atoms with van der Waals surface area (Å²) in [5, 5.41) is 15.2. The molecule has 0 radical (unpaired) electrons. The largest absolute Gasteiger partial charge is 0.355 e. The lowest BCUT2D eigenvalue weighted by Gasteiger charge is -2.19. The second-order valence-corrected chi connectivity index (χ2v) is 14.5. The van der Waals surface area contributed by atoms with Gasteiger partial charge in [0.2, 0.25) is 0 Å². The van der Waals surface area contributed by atoms with E-state index in [9.17, 15) is 0 Å². The van der Waals surface area contributed by atoms with Crippen LogP contribution in [0.1, 0.15) is 0 Å². The zero-order valence-corrected chi connectivity index (χ0v) is 30.9. The number of fused-ring (bicyclic) bond motifs is 7. The lowest BCUT2D eigenvalue weighted by Crippen LogP contribution is -2.01. The van der Waals surface area contributed by atoms with Gasteiger partial charge in [-0.05, 0) is 102 Å². The lowest BCUT2D eigenvalue weighted by molar-refractivity contribution is 1.08. The number of nitrogens with one attached hydrogen (secondary N) is 1. The number of para-hydroxylation sites is 2. The molecule has 1 N–H and O–H groups in total. The van der Waals surface area contributed by atoms with Crippen molar-refractivity contribution >= 4 is 65.2 Å². The minimum atomic E-state index is 0.634. The van der Waals surface area contributed by atoms with Crippen LogP contribution >= 0.6 is 0 Å². The van der Waals surface area contributed by atoms with Gasteiger partial charge in [0.25, 0.3) is 0 Å². The molecule has 0 amide bonds. The van der Waals surface area contributed by atoms with Crippen molar-refractivity contribution in [3.8, 4) is 45.3 Å². The molecule has 0 unspecified atom stereocenters. The van der Waals surface area contributed by atoms with Crippen molar-refractivity contribution in [2.45, 2.75) is 0 Å². The predicted octanol–water partition coefficient (Wildman–Crippen LogP) is 14.0. The third kappa shape index (κ3) is 5.83. The number of nitrogens with zero attached hydrogens (tertiary/aromatic N) is 3. The molecule has 10 aromatic carbocycles. The highest BCUT2D eigenvalue weighted by Gasteiger charge is 2.20. The maximum Gasteiger partial charge on any atom is 0.164 e. The molecule has 0 bridgehead atoms. The Morgan fingerprint density at radius 3 is 1.51 bits per heavy atom. The zero-order chi connectivity index (χ0) is 37.7. The van der Waals surface area contributed by atoms with Crippen LogP contribution in [0.2, 0.25) is 0 Å². The smallest absolute Gasteiger partial charge is 0.164 e. The Morgan fingerprint density at radius 1 is 0.298 bits per heavy atom. The molecule has 4 heteroatoms. The number of hydrogen-bond acceptors (Lipinski definition) is 4. The van der Waals surface area contributed by atoms with Crippen LogP contribution in [0, 0.1) is 0 Å². The zero-order valence-electron chi connectivity index (χ0n) is 30.9. The van der Waals surface area contributed by atoms with Gasteiger partial charge in [-0.1, -0.05) is 158 Å². The van der Waals surface area contributed by atoms with Crippen molar-refractivity contribution in [3.05, 3.63) is 200 Å². The van der Waals surface area contributed by atoms with E-state index in [4.69, 9.17) is 15.0 Å². The summed E-state index contributed by atoms with van der Waals surface area (Å²) in [7, 11) is 0. The highest BCUT2D eigenvalue weighted by molar-refractivity contribution is 6.26. The van der Waals surface area contributed by atoms with Gasteiger partial charge >= 0.3 is 0 Å². The van der Waals surface area contributed by atoms with Gasteiger partial charge in [0, 0.05) is 33.6 Å². The van der Waals surface area contributed by atoms with Crippen LogP contribution in [0.3, 0.4) is 0 Å². The van der Waals surface area contributed by atoms with Crippen LogP contribution in [0.4, 0.5) is 11.4 Å². The Kier molecular flexibility index (Phi) is 7.78. The van der Waals surface area contributed by atoms with E-state index in [-0.39, 0.29) is 0 Å². The van der Waals surface area contributed by atoms with E-state index in [1.54, 1.807) is 0 Å². The van der Waals surface area contributed by atoms with E-state index in [1.807, 2.05) is 6.07 Å². The Labute approximate surface area is 329 Å². The van der Waals surface area contributed by atoms with Crippen molar-refractivity contribution < 1.29 is 0 Å². The third-order valence-corrected chi connectivity index (χ3v) is 11.0. The van der Waals surface area contributed by atoms with Crippen molar-refractivity contribution in [1.82, 2.24) is 15.0 Å². The van der Waals surface area contributed by atoms with E-state index in [1.165, 1.54) is 26.9 Å². The molecule has 57 heavy (non-hydrogen) atoms. The summed E-state index contributed by atoms with van der Waals surface area (Å²) < 4.78 is 0. The van der Waals surface area contributed by atoms with Gasteiger partial charge in [-0.15, -0.1) is 0 Å². The predicted molar refractivity (Wildman–Crippen MR) is 239 cm³/mol. The lowest BCUT2D eigenvalue weighted by atomic mass is 9.87. The number of hydrogen-bond donors (Lipinski definition) is 1. The average molecular weight is 727 g/mol. The summed E-state index contributed by atoms with van der Waals surface area (Å²) in [6.45, 7) is 0. The number of benzene rings is 10. The van der Waals surface area contributed by atoms with Crippen molar-refractivity contribution in [2.24, 2.45) is 0 Å². The normalized spacial score (nSPS) is 11.5. The third-order valence-electron chi connectivity index (χ3n) is 11.0. The molecule has 266 valence electrons. The highest BCUT2D eigenvalue weighted by atomic mass is 15.0. The van der Waals surface area contributed by atoms with Crippen LogP contribution in [-0.4, -0.2) is 15.0 Å². The van der Waals surface area contributed by atoms with Gasteiger partial charge < -0.3 is 5.32 Å². The van der Waals surface area contributed by atoms with Crippen molar-refractivity contribution in [3.63, 3.8) is 0 Å². The Balaban J connectivity index is 1.19. The maximum atomic E-state index is 5.31. The van der Waals surface area contributed by atoms with E-state index >= 15 is 0 Å². The maximum absolute atomic E-state index is 5.31. The molecule has 0 aliphatic carbocycles. The van der Waals surface area contributed by atoms with Crippen LogP contribution in [0.5, 0.6) is 0 Å². The number of rotatable bonds is 6. The van der Waals surface area contributed by atoms with Crippen LogP contribution in [0.15, 0.2) is 200 Å². The van der Waals surface area contributed by atoms with E-state index in [0.29, 0.717) is 17.5 Å². The van der Waals surface area contributed by atoms with Gasteiger partial charge in [0.15, 0.2) is 17.5 Å².